The monoisotopic (exact) mass is 376 g/mol. The van der Waals surface area contributed by atoms with E-state index >= 15 is 0 Å². The zero-order valence-electron chi connectivity index (χ0n) is 16.5. The van der Waals surface area contributed by atoms with Gasteiger partial charge in [-0.1, -0.05) is 24.3 Å². The van der Waals surface area contributed by atoms with Crippen molar-refractivity contribution in [3.63, 3.8) is 0 Å². The van der Waals surface area contributed by atoms with Gasteiger partial charge in [-0.05, 0) is 50.1 Å². The molecule has 0 saturated carbocycles. The van der Waals surface area contributed by atoms with E-state index in [-0.39, 0.29) is 5.91 Å². The molecule has 0 fully saturated rings. The lowest BCUT2D eigenvalue weighted by atomic mass is 10.1. The van der Waals surface area contributed by atoms with E-state index in [1.165, 1.54) is 0 Å². The fourth-order valence-electron chi connectivity index (χ4n) is 3.06. The van der Waals surface area contributed by atoms with E-state index in [1.807, 2.05) is 50.2 Å². The minimum absolute atomic E-state index is 0.264. The molecule has 0 spiro atoms. The van der Waals surface area contributed by atoms with Gasteiger partial charge >= 0.3 is 0 Å². The molecule has 3 aromatic rings. The Morgan fingerprint density at radius 3 is 2.43 bits per heavy atom. The van der Waals surface area contributed by atoms with Crippen LogP contribution in [-0.4, -0.2) is 23.0 Å². The van der Waals surface area contributed by atoms with Crippen molar-refractivity contribution >= 4 is 17.4 Å². The summed E-state index contributed by atoms with van der Waals surface area (Å²) in [6.07, 6.45) is 0. The van der Waals surface area contributed by atoms with Crippen molar-refractivity contribution in [1.82, 2.24) is 15.3 Å². The number of rotatable bonds is 6. The average Bonchev–Trinajstić information content (AvgIpc) is 2.65. The quantitative estimate of drug-likeness (QED) is 0.678. The van der Waals surface area contributed by atoms with Gasteiger partial charge in [0.2, 0.25) is 0 Å². The van der Waals surface area contributed by atoms with Crippen molar-refractivity contribution in [3.05, 3.63) is 76.7 Å². The SMILES string of the molecule is COc1ccccc1CNC(=O)c1cc(Nc2cc(C)cc(C)c2)nc(C)n1. The lowest BCUT2D eigenvalue weighted by Crippen LogP contribution is -2.24. The molecule has 0 aliphatic carbocycles. The summed E-state index contributed by atoms with van der Waals surface area (Å²) in [5.41, 5.74) is 4.45. The number of nitrogens with zero attached hydrogens (tertiary/aromatic N) is 2. The Balaban J connectivity index is 1.75. The van der Waals surface area contributed by atoms with Crippen LogP contribution >= 0.6 is 0 Å². The summed E-state index contributed by atoms with van der Waals surface area (Å²) >= 11 is 0. The Hall–Kier alpha value is -3.41. The number of methoxy groups -OCH3 is 1. The molecule has 0 aliphatic rings. The number of ether oxygens (including phenoxy) is 1. The number of benzene rings is 2. The number of aromatic nitrogens is 2. The number of nitrogens with one attached hydrogen (secondary N) is 2. The van der Waals surface area contributed by atoms with Crippen molar-refractivity contribution in [2.24, 2.45) is 0 Å². The molecule has 0 saturated heterocycles. The lowest BCUT2D eigenvalue weighted by molar-refractivity contribution is 0.0945. The van der Waals surface area contributed by atoms with Crippen LogP contribution in [0, 0.1) is 20.8 Å². The maximum absolute atomic E-state index is 12.6. The fourth-order valence-corrected chi connectivity index (χ4v) is 3.06. The number of amides is 1. The topological polar surface area (TPSA) is 76.1 Å². The standard InChI is InChI=1S/C22H24N4O2/c1-14-9-15(2)11-18(10-14)26-21-12-19(24-16(3)25-21)22(27)23-13-17-7-5-6-8-20(17)28-4/h5-12H,13H2,1-4H3,(H,23,27)(H,24,25,26). The molecule has 1 heterocycles. The first-order valence-corrected chi connectivity index (χ1v) is 9.05. The zero-order valence-corrected chi connectivity index (χ0v) is 16.5. The van der Waals surface area contributed by atoms with Crippen molar-refractivity contribution in [1.29, 1.82) is 0 Å². The second-order valence-electron chi connectivity index (χ2n) is 6.68. The van der Waals surface area contributed by atoms with Gasteiger partial charge in [-0.3, -0.25) is 4.79 Å². The minimum atomic E-state index is -0.264. The number of anilines is 2. The van der Waals surface area contributed by atoms with Crippen molar-refractivity contribution in [3.8, 4) is 5.75 Å². The van der Waals surface area contributed by atoms with Gasteiger partial charge in [0.05, 0.1) is 7.11 Å². The third kappa shape index (κ3) is 4.85. The van der Waals surface area contributed by atoms with Crippen LogP contribution < -0.4 is 15.4 Å². The Bertz CT molecular complexity index is 981. The summed E-state index contributed by atoms with van der Waals surface area (Å²) in [4.78, 5) is 21.3. The molecule has 0 atom stereocenters. The van der Waals surface area contributed by atoms with Crippen LogP contribution in [0.25, 0.3) is 0 Å². The number of aryl methyl sites for hydroxylation is 3. The van der Waals surface area contributed by atoms with Gasteiger partial charge in [0, 0.05) is 23.9 Å². The molecule has 0 aliphatic heterocycles. The van der Waals surface area contributed by atoms with E-state index in [4.69, 9.17) is 4.74 Å². The summed E-state index contributed by atoms with van der Waals surface area (Å²) in [6, 6.07) is 15.4. The van der Waals surface area contributed by atoms with Gasteiger partial charge < -0.3 is 15.4 Å². The molecule has 2 aromatic carbocycles. The molecule has 2 N–H and O–H groups in total. The highest BCUT2D eigenvalue weighted by Gasteiger charge is 2.12. The summed E-state index contributed by atoms with van der Waals surface area (Å²) in [7, 11) is 1.61. The van der Waals surface area contributed by atoms with Gasteiger partial charge in [0.15, 0.2) is 0 Å². The van der Waals surface area contributed by atoms with Gasteiger partial charge in [-0.2, -0.15) is 0 Å². The first-order chi connectivity index (χ1) is 13.4. The molecule has 6 heteroatoms. The normalized spacial score (nSPS) is 10.4. The highest BCUT2D eigenvalue weighted by molar-refractivity contribution is 5.93. The van der Waals surface area contributed by atoms with E-state index in [9.17, 15) is 4.79 Å². The van der Waals surface area contributed by atoms with E-state index < -0.39 is 0 Å². The molecular formula is C22H24N4O2. The number of carbonyl (C=O) groups excluding carboxylic acids is 1. The van der Waals surface area contributed by atoms with Gasteiger partial charge in [0.25, 0.3) is 5.91 Å². The van der Waals surface area contributed by atoms with E-state index in [0.29, 0.717) is 23.9 Å². The zero-order chi connectivity index (χ0) is 20.1. The van der Waals surface area contributed by atoms with Gasteiger partial charge in [-0.25, -0.2) is 9.97 Å². The highest BCUT2D eigenvalue weighted by Crippen LogP contribution is 2.20. The third-order valence-electron chi connectivity index (χ3n) is 4.20. The molecule has 28 heavy (non-hydrogen) atoms. The second kappa shape index (κ2) is 8.52. The molecular weight excluding hydrogens is 352 g/mol. The fraction of sp³-hybridized carbons (Fsp3) is 0.227. The number of hydrogen-bond acceptors (Lipinski definition) is 5. The molecule has 0 bridgehead atoms. The molecule has 3 rings (SSSR count). The minimum Gasteiger partial charge on any atom is -0.496 e. The highest BCUT2D eigenvalue weighted by atomic mass is 16.5. The van der Waals surface area contributed by atoms with E-state index in [2.05, 4.69) is 26.7 Å². The summed E-state index contributed by atoms with van der Waals surface area (Å²) in [5.74, 6) is 1.58. The van der Waals surface area contributed by atoms with E-state index in [1.54, 1.807) is 20.1 Å². The smallest absolute Gasteiger partial charge is 0.270 e. The van der Waals surface area contributed by atoms with Crippen LogP contribution in [0.4, 0.5) is 11.5 Å². The van der Waals surface area contributed by atoms with Gasteiger partial charge in [0.1, 0.15) is 23.1 Å². The summed E-state index contributed by atoms with van der Waals surface area (Å²) in [5, 5.41) is 6.15. The predicted molar refractivity (Wildman–Crippen MR) is 110 cm³/mol. The molecule has 1 aromatic heterocycles. The van der Waals surface area contributed by atoms with E-state index in [0.717, 1.165) is 28.1 Å². The van der Waals surface area contributed by atoms with Crippen LogP contribution in [0.1, 0.15) is 33.0 Å². The maximum atomic E-state index is 12.6. The average molecular weight is 376 g/mol. The molecule has 1 amide bonds. The van der Waals surface area contributed by atoms with Crippen LogP contribution in [0.15, 0.2) is 48.5 Å². The Morgan fingerprint density at radius 2 is 1.71 bits per heavy atom. The lowest BCUT2D eigenvalue weighted by Gasteiger charge is -2.11. The van der Waals surface area contributed by atoms with Gasteiger partial charge in [-0.15, -0.1) is 0 Å². The molecule has 0 unspecified atom stereocenters. The molecule has 0 radical (unpaired) electrons. The van der Waals surface area contributed by atoms with Crippen molar-refractivity contribution in [2.75, 3.05) is 12.4 Å². The number of para-hydroxylation sites is 1. The summed E-state index contributed by atoms with van der Waals surface area (Å²) in [6.45, 7) is 6.20. The van der Waals surface area contributed by atoms with Crippen LogP contribution in [-0.2, 0) is 6.54 Å². The van der Waals surface area contributed by atoms with Crippen LogP contribution in [0.5, 0.6) is 5.75 Å². The number of hydrogen-bond donors (Lipinski definition) is 2. The molecule has 144 valence electrons. The molecule has 6 nitrogen and oxygen atoms in total. The predicted octanol–water partition coefficient (Wildman–Crippen LogP) is 4.08. The Labute approximate surface area is 165 Å². The Kier molecular flexibility index (Phi) is 5.89. The Morgan fingerprint density at radius 1 is 1.00 bits per heavy atom. The third-order valence-corrected chi connectivity index (χ3v) is 4.20. The van der Waals surface area contributed by atoms with Crippen LogP contribution in [0.2, 0.25) is 0 Å². The summed E-state index contributed by atoms with van der Waals surface area (Å²) < 4.78 is 5.32. The largest absolute Gasteiger partial charge is 0.496 e. The number of carbonyl (C=O) groups is 1. The first kappa shape index (κ1) is 19.4. The van der Waals surface area contributed by atoms with Crippen molar-refractivity contribution in [2.45, 2.75) is 27.3 Å². The second-order valence-corrected chi connectivity index (χ2v) is 6.68. The maximum Gasteiger partial charge on any atom is 0.270 e. The van der Waals surface area contributed by atoms with Crippen molar-refractivity contribution < 1.29 is 9.53 Å². The first-order valence-electron chi connectivity index (χ1n) is 9.05. The van der Waals surface area contributed by atoms with Crippen LogP contribution in [0.3, 0.4) is 0 Å².